The van der Waals surface area contributed by atoms with E-state index in [0.29, 0.717) is 17.2 Å². The Morgan fingerprint density at radius 3 is 3.06 bits per heavy atom. The Balaban J connectivity index is 2.42. The summed E-state index contributed by atoms with van der Waals surface area (Å²) in [6.45, 7) is 2.06. The van der Waals surface area contributed by atoms with Crippen LogP contribution in [-0.2, 0) is 9.53 Å². The molecule has 0 aliphatic heterocycles. The number of nitrogens with one attached hydrogen (secondary N) is 1. The number of nitrogens with two attached hydrogens (primary N) is 1. The first-order valence-corrected chi connectivity index (χ1v) is 5.70. The van der Waals surface area contributed by atoms with Crippen molar-refractivity contribution in [3.63, 3.8) is 0 Å². The maximum Gasteiger partial charge on any atom is 0.327 e. The monoisotopic (exact) mass is 252 g/mol. The Labute approximate surface area is 104 Å². The first-order chi connectivity index (χ1) is 8.15. The highest BCUT2D eigenvalue weighted by atomic mass is 35.5. The lowest BCUT2D eigenvalue weighted by Gasteiger charge is -2.09. The first-order valence-electron chi connectivity index (χ1n) is 5.33. The third-order valence-electron chi connectivity index (χ3n) is 2.57. The first kappa shape index (κ1) is 12.0. The van der Waals surface area contributed by atoms with E-state index in [1.54, 1.807) is 19.2 Å². The Hall–Kier alpha value is -1.52. The molecule has 0 bridgehead atoms. The molecule has 1 heterocycles. The predicted octanol–water partition coefficient (Wildman–Crippen LogP) is 2.38. The second kappa shape index (κ2) is 4.77. The highest BCUT2D eigenvalue weighted by Crippen LogP contribution is 2.28. The highest BCUT2D eigenvalue weighted by molar-refractivity contribution is 6.35. The molecule has 1 atom stereocenters. The maximum absolute atomic E-state index is 11.6. The van der Waals surface area contributed by atoms with Gasteiger partial charge in [-0.05, 0) is 13.0 Å². The van der Waals surface area contributed by atoms with Gasteiger partial charge in [0.2, 0.25) is 0 Å². The van der Waals surface area contributed by atoms with Gasteiger partial charge in [-0.15, -0.1) is 0 Å². The SMILES string of the molecule is CCOC(=O)C(N)c1c[nH]c2c(Cl)cccc12. The number of esters is 1. The largest absolute Gasteiger partial charge is 0.465 e. The van der Waals surface area contributed by atoms with Crippen molar-refractivity contribution in [2.45, 2.75) is 13.0 Å². The minimum absolute atomic E-state index is 0.315. The fraction of sp³-hybridized carbons (Fsp3) is 0.250. The fourth-order valence-corrected chi connectivity index (χ4v) is 1.98. The quantitative estimate of drug-likeness (QED) is 0.824. The highest BCUT2D eigenvalue weighted by Gasteiger charge is 2.20. The van der Waals surface area contributed by atoms with Crippen molar-refractivity contribution in [1.82, 2.24) is 4.98 Å². The van der Waals surface area contributed by atoms with Gasteiger partial charge in [-0.1, -0.05) is 23.7 Å². The van der Waals surface area contributed by atoms with Gasteiger partial charge in [0.25, 0.3) is 0 Å². The summed E-state index contributed by atoms with van der Waals surface area (Å²) >= 11 is 6.03. The van der Waals surface area contributed by atoms with Crippen LogP contribution < -0.4 is 5.73 Å². The van der Waals surface area contributed by atoms with Gasteiger partial charge in [0, 0.05) is 17.1 Å². The molecule has 2 rings (SSSR count). The van der Waals surface area contributed by atoms with Crippen molar-refractivity contribution >= 4 is 28.5 Å². The Morgan fingerprint density at radius 2 is 2.35 bits per heavy atom. The smallest absolute Gasteiger partial charge is 0.327 e. The van der Waals surface area contributed by atoms with Crippen LogP contribution >= 0.6 is 11.6 Å². The predicted molar refractivity (Wildman–Crippen MR) is 66.9 cm³/mol. The molecule has 1 aromatic heterocycles. The molecular weight excluding hydrogens is 240 g/mol. The molecule has 0 radical (unpaired) electrons. The number of ether oxygens (including phenoxy) is 1. The van der Waals surface area contributed by atoms with Crippen LogP contribution in [-0.4, -0.2) is 17.6 Å². The van der Waals surface area contributed by atoms with E-state index >= 15 is 0 Å². The Morgan fingerprint density at radius 1 is 1.59 bits per heavy atom. The van der Waals surface area contributed by atoms with Crippen molar-refractivity contribution in [3.8, 4) is 0 Å². The van der Waals surface area contributed by atoms with Gasteiger partial charge in [0.05, 0.1) is 17.1 Å². The van der Waals surface area contributed by atoms with E-state index in [2.05, 4.69) is 4.98 Å². The minimum Gasteiger partial charge on any atom is -0.465 e. The van der Waals surface area contributed by atoms with Gasteiger partial charge in [-0.3, -0.25) is 0 Å². The average Bonchev–Trinajstić information content (AvgIpc) is 2.73. The second-order valence-electron chi connectivity index (χ2n) is 3.64. The van der Waals surface area contributed by atoms with Crippen LogP contribution in [0.1, 0.15) is 18.5 Å². The summed E-state index contributed by atoms with van der Waals surface area (Å²) < 4.78 is 4.90. The molecule has 0 saturated carbocycles. The van der Waals surface area contributed by atoms with Crippen LogP contribution in [0.3, 0.4) is 0 Å². The molecule has 17 heavy (non-hydrogen) atoms. The van der Waals surface area contributed by atoms with Crippen LogP contribution in [0.25, 0.3) is 10.9 Å². The van der Waals surface area contributed by atoms with Crippen LogP contribution in [0, 0.1) is 0 Å². The lowest BCUT2D eigenvalue weighted by atomic mass is 10.1. The fourth-order valence-electron chi connectivity index (χ4n) is 1.76. The number of halogens is 1. The number of aromatic nitrogens is 1. The van der Waals surface area contributed by atoms with Crippen LogP contribution in [0.4, 0.5) is 0 Å². The molecule has 90 valence electrons. The summed E-state index contributed by atoms with van der Waals surface area (Å²) in [7, 11) is 0. The lowest BCUT2D eigenvalue weighted by Crippen LogP contribution is -2.23. The van der Waals surface area contributed by atoms with E-state index in [4.69, 9.17) is 22.1 Å². The molecule has 0 aliphatic carbocycles. The van der Waals surface area contributed by atoms with Crippen molar-refractivity contribution in [2.24, 2.45) is 5.73 Å². The number of hydrogen-bond donors (Lipinski definition) is 2. The normalized spacial score (nSPS) is 12.6. The number of fused-ring (bicyclic) bond motifs is 1. The number of carbonyl (C=O) groups is 1. The molecule has 0 spiro atoms. The zero-order valence-corrected chi connectivity index (χ0v) is 10.1. The molecular formula is C12H13ClN2O2. The molecule has 0 fully saturated rings. The molecule has 1 aromatic carbocycles. The van der Waals surface area contributed by atoms with Gasteiger partial charge in [0.15, 0.2) is 0 Å². The van der Waals surface area contributed by atoms with Crippen molar-refractivity contribution in [2.75, 3.05) is 6.61 Å². The third kappa shape index (κ3) is 2.14. The van der Waals surface area contributed by atoms with Crippen molar-refractivity contribution < 1.29 is 9.53 Å². The van der Waals surface area contributed by atoms with Gasteiger partial charge >= 0.3 is 5.97 Å². The third-order valence-corrected chi connectivity index (χ3v) is 2.89. The lowest BCUT2D eigenvalue weighted by molar-refractivity contribution is -0.144. The summed E-state index contributed by atoms with van der Waals surface area (Å²) in [6.07, 6.45) is 1.69. The van der Waals surface area contributed by atoms with E-state index in [9.17, 15) is 4.79 Å². The molecule has 2 aromatic rings. The van der Waals surface area contributed by atoms with Crippen molar-refractivity contribution in [3.05, 3.63) is 35.0 Å². The zero-order valence-electron chi connectivity index (χ0n) is 9.37. The Kier molecular flexibility index (Phi) is 3.36. The standard InChI is InChI=1S/C12H13ClN2O2/c1-2-17-12(16)10(14)8-6-15-11-7(8)4-3-5-9(11)13/h3-6,10,15H,2,14H2,1H3. The Bertz CT molecular complexity index is 550. The molecule has 0 aliphatic rings. The van der Waals surface area contributed by atoms with Gasteiger partial charge in [0.1, 0.15) is 6.04 Å². The van der Waals surface area contributed by atoms with Crippen LogP contribution in [0.2, 0.25) is 5.02 Å². The summed E-state index contributed by atoms with van der Waals surface area (Å²) in [5, 5.41) is 1.45. The molecule has 5 heteroatoms. The van der Waals surface area contributed by atoms with Gasteiger partial charge in [-0.25, -0.2) is 4.79 Å². The number of benzene rings is 1. The number of hydrogen-bond acceptors (Lipinski definition) is 3. The van der Waals surface area contributed by atoms with E-state index in [1.807, 2.05) is 12.1 Å². The number of aromatic amines is 1. The summed E-state index contributed by atoms with van der Waals surface area (Å²) in [5.74, 6) is -0.437. The summed E-state index contributed by atoms with van der Waals surface area (Å²) in [5.41, 5.74) is 7.32. The zero-order chi connectivity index (χ0) is 12.4. The number of rotatable bonds is 3. The second-order valence-corrected chi connectivity index (χ2v) is 4.04. The van der Waals surface area contributed by atoms with Crippen molar-refractivity contribution in [1.29, 1.82) is 0 Å². The molecule has 0 amide bonds. The van der Waals surface area contributed by atoms with Gasteiger partial charge < -0.3 is 15.5 Å². The summed E-state index contributed by atoms with van der Waals surface area (Å²) in [4.78, 5) is 14.6. The van der Waals surface area contributed by atoms with E-state index in [0.717, 1.165) is 10.9 Å². The summed E-state index contributed by atoms with van der Waals surface area (Å²) in [6, 6.07) is 4.67. The molecule has 4 nitrogen and oxygen atoms in total. The van der Waals surface area contributed by atoms with Crippen LogP contribution in [0.15, 0.2) is 24.4 Å². The number of para-hydroxylation sites is 1. The molecule has 1 unspecified atom stereocenters. The minimum atomic E-state index is -0.790. The molecule has 0 saturated heterocycles. The van der Waals surface area contributed by atoms with E-state index in [-0.39, 0.29) is 0 Å². The van der Waals surface area contributed by atoms with Crippen LogP contribution in [0.5, 0.6) is 0 Å². The van der Waals surface area contributed by atoms with Gasteiger partial charge in [-0.2, -0.15) is 0 Å². The van der Waals surface area contributed by atoms with E-state index < -0.39 is 12.0 Å². The topological polar surface area (TPSA) is 68.1 Å². The average molecular weight is 253 g/mol. The van der Waals surface area contributed by atoms with E-state index in [1.165, 1.54) is 0 Å². The number of H-pyrrole nitrogens is 1. The maximum atomic E-state index is 11.6. The molecule has 3 N–H and O–H groups in total. The number of carbonyl (C=O) groups excluding carboxylic acids is 1.